The van der Waals surface area contributed by atoms with Crippen LogP contribution < -0.4 is 15.4 Å². The van der Waals surface area contributed by atoms with Gasteiger partial charge in [0.15, 0.2) is 0 Å². The van der Waals surface area contributed by atoms with Crippen molar-refractivity contribution in [1.29, 1.82) is 0 Å². The lowest BCUT2D eigenvalue weighted by molar-refractivity contribution is 0.244. The predicted octanol–water partition coefficient (Wildman–Crippen LogP) is 1.56. The molecule has 0 aliphatic carbocycles. The van der Waals surface area contributed by atoms with Gasteiger partial charge in [0.25, 0.3) is 0 Å². The van der Waals surface area contributed by atoms with Gasteiger partial charge in [-0.2, -0.15) is 0 Å². The van der Waals surface area contributed by atoms with E-state index in [0.29, 0.717) is 6.54 Å². The van der Waals surface area contributed by atoms with E-state index in [9.17, 15) is 4.79 Å². The number of ether oxygens (including phenoxy) is 1. The van der Waals surface area contributed by atoms with Gasteiger partial charge in [0, 0.05) is 13.0 Å². The van der Waals surface area contributed by atoms with Crippen molar-refractivity contribution in [2.75, 3.05) is 6.61 Å². The van der Waals surface area contributed by atoms with Crippen LogP contribution in [-0.4, -0.2) is 12.6 Å². The summed E-state index contributed by atoms with van der Waals surface area (Å²) in [4.78, 5) is 11.1. The summed E-state index contributed by atoms with van der Waals surface area (Å²) in [6, 6.07) is 5.76. The second-order valence-corrected chi connectivity index (χ2v) is 3.57. The quantitative estimate of drug-likeness (QED) is 0.809. The van der Waals surface area contributed by atoms with E-state index in [0.717, 1.165) is 24.3 Å². The number of rotatable bonds is 3. The summed E-state index contributed by atoms with van der Waals surface area (Å²) in [5.41, 5.74) is 2.26. The normalized spacial score (nSPS) is 12.5. The minimum atomic E-state index is -0.253. The van der Waals surface area contributed by atoms with Gasteiger partial charge in [-0.3, -0.25) is 0 Å². The van der Waals surface area contributed by atoms with E-state index < -0.39 is 0 Å². The molecule has 0 radical (unpaired) electrons. The third-order valence-electron chi connectivity index (χ3n) is 2.45. The Morgan fingerprint density at radius 2 is 2.44 bits per heavy atom. The highest BCUT2D eigenvalue weighted by Crippen LogP contribution is 2.25. The fourth-order valence-electron chi connectivity index (χ4n) is 1.65. The molecule has 0 spiro atoms. The number of amides is 2. The lowest BCUT2D eigenvalue weighted by Crippen LogP contribution is -2.31. The minimum Gasteiger partial charge on any atom is -0.493 e. The van der Waals surface area contributed by atoms with E-state index in [1.165, 1.54) is 11.8 Å². The second kappa shape index (κ2) is 4.70. The van der Waals surface area contributed by atoms with E-state index in [-0.39, 0.29) is 6.03 Å². The average Bonchev–Trinajstić information content (AvgIpc) is 2.74. The van der Waals surface area contributed by atoms with Crippen LogP contribution in [0.3, 0.4) is 0 Å². The van der Waals surface area contributed by atoms with Crippen molar-refractivity contribution in [3.8, 4) is 5.75 Å². The van der Waals surface area contributed by atoms with Gasteiger partial charge in [-0.15, -0.1) is 0 Å². The standard InChI is InChI=1S/C12H14N2O2/c1-2-13-12(15)14-8-9-3-4-10-5-6-16-11(10)7-9/h2-4,7H,1,5-6,8H2,(H2,13,14,15). The third-order valence-corrected chi connectivity index (χ3v) is 2.45. The van der Waals surface area contributed by atoms with Gasteiger partial charge >= 0.3 is 6.03 Å². The Balaban J connectivity index is 1.95. The highest BCUT2D eigenvalue weighted by atomic mass is 16.5. The molecule has 2 amide bonds. The summed E-state index contributed by atoms with van der Waals surface area (Å²) in [6.45, 7) is 4.65. The highest BCUT2D eigenvalue weighted by molar-refractivity contribution is 5.74. The molecule has 16 heavy (non-hydrogen) atoms. The second-order valence-electron chi connectivity index (χ2n) is 3.57. The molecule has 0 bridgehead atoms. The molecule has 0 saturated heterocycles. The maximum atomic E-state index is 11.1. The number of fused-ring (bicyclic) bond motifs is 1. The van der Waals surface area contributed by atoms with Crippen LogP contribution >= 0.6 is 0 Å². The van der Waals surface area contributed by atoms with Crippen LogP contribution in [0.2, 0.25) is 0 Å². The fraction of sp³-hybridized carbons (Fsp3) is 0.250. The number of carbonyl (C=O) groups excluding carboxylic acids is 1. The monoisotopic (exact) mass is 218 g/mol. The summed E-state index contributed by atoms with van der Waals surface area (Å²) in [6.07, 6.45) is 2.32. The Bertz CT molecular complexity index is 415. The SMILES string of the molecule is C=CNC(=O)NCc1ccc2c(c1)OCC2. The number of hydrogen-bond donors (Lipinski definition) is 2. The van der Waals surface area contributed by atoms with Crippen molar-refractivity contribution in [2.45, 2.75) is 13.0 Å². The predicted molar refractivity (Wildman–Crippen MR) is 61.2 cm³/mol. The molecule has 1 aromatic carbocycles. The lowest BCUT2D eigenvalue weighted by atomic mass is 10.1. The molecule has 0 atom stereocenters. The highest BCUT2D eigenvalue weighted by Gasteiger charge is 2.11. The number of nitrogens with one attached hydrogen (secondary N) is 2. The Labute approximate surface area is 94.3 Å². The summed E-state index contributed by atoms with van der Waals surface area (Å²) in [7, 11) is 0. The van der Waals surface area contributed by atoms with Gasteiger partial charge in [0.1, 0.15) is 5.75 Å². The largest absolute Gasteiger partial charge is 0.493 e. The van der Waals surface area contributed by atoms with Crippen LogP contribution in [0.15, 0.2) is 31.0 Å². The van der Waals surface area contributed by atoms with Crippen LogP contribution in [0.4, 0.5) is 4.79 Å². The zero-order valence-electron chi connectivity index (χ0n) is 8.95. The molecule has 0 fully saturated rings. The molecule has 0 saturated carbocycles. The van der Waals surface area contributed by atoms with Crippen LogP contribution in [0.1, 0.15) is 11.1 Å². The van der Waals surface area contributed by atoms with Gasteiger partial charge < -0.3 is 15.4 Å². The van der Waals surface area contributed by atoms with Crippen molar-refractivity contribution in [3.05, 3.63) is 42.1 Å². The molecular weight excluding hydrogens is 204 g/mol. The number of carbonyl (C=O) groups is 1. The van der Waals surface area contributed by atoms with Gasteiger partial charge in [0.05, 0.1) is 6.61 Å². The lowest BCUT2D eigenvalue weighted by Gasteiger charge is -2.06. The maximum absolute atomic E-state index is 11.1. The molecule has 1 aliphatic rings. The molecule has 2 N–H and O–H groups in total. The first-order valence-electron chi connectivity index (χ1n) is 5.19. The number of hydrogen-bond acceptors (Lipinski definition) is 2. The number of urea groups is 1. The Morgan fingerprint density at radius 1 is 1.56 bits per heavy atom. The van der Waals surface area contributed by atoms with E-state index in [2.05, 4.69) is 17.2 Å². The smallest absolute Gasteiger partial charge is 0.319 e. The zero-order valence-corrected chi connectivity index (χ0v) is 8.95. The molecule has 2 rings (SSSR count). The van der Waals surface area contributed by atoms with Crippen molar-refractivity contribution in [3.63, 3.8) is 0 Å². The fourth-order valence-corrected chi connectivity index (χ4v) is 1.65. The maximum Gasteiger partial charge on any atom is 0.319 e. The number of benzene rings is 1. The molecule has 0 unspecified atom stereocenters. The Hall–Kier alpha value is -1.97. The topological polar surface area (TPSA) is 50.4 Å². The summed E-state index contributed by atoms with van der Waals surface area (Å²) < 4.78 is 5.45. The minimum absolute atomic E-state index is 0.253. The third kappa shape index (κ3) is 2.34. The molecular formula is C12H14N2O2. The average molecular weight is 218 g/mol. The Morgan fingerprint density at radius 3 is 3.25 bits per heavy atom. The summed E-state index contributed by atoms with van der Waals surface area (Å²) >= 11 is 0. The van der Waals surface area contributed by atoms with Crippen molar-refractivity contribution in [1.82, 2.24) is 10.6 Å². The molecule has 84 valence electrons. The zero-order chi connectivity index (χ0) is 11.4. The van der Waals surface area contributed by atoms with E-state index in [1.54, 1.807) is 0 Å². The Kier molecular flexibility index (Phi) is 3.10. The summed E-state index contributed by atoms with van der Waals surface area (Å²) in [5, 5.41) is 5.16. The molecule has 4 nitrogen and oxygen atoms in total. The van der Waals surface area contributed by atoms with Crippen LogP contribution in [-0.2, 0) is 13.0 Å². The van der Waals surface area contributed by atoms with Crippen LogP contribution in [0.5, 0.6) is 5.75 Å². The van der Waals surface area contributed by atoms with Gasteiger partial charge in [-0.25, -0.2) is 4.79 Å². The van der Waals surface area contributed by atoms with Crippen molar-refractivity contribution in [2.24, 2.45) is 0 Å². The first kappa shape index (κ1) is 10.5. The molecule has 1 aliphatic heterocycles. The molecule has 0 aromatic heterocycles. The molecule has 1 heterocycles. The van der Waals surface area contributed by atoms with E-state index in [1.807, 2.05) is 18.2 Å². The van der Waals surface area contributed by atoms with Gasteiger partial charge in [-0.1, -0.05) is 18.7 Å². The molecule has 4 heteroatoms. The van der Waals surface area contributed by atoms with Crippen molar-refractivity contribution < 1.29 is 9.53 Å². The molecule has 1 aromatic rings. The van der Waals surface area contributed by atoms with E-state index in [4.69, 9.17) is 4.74 Å². The van der Waals surface area contributed by atoms with Crippen LogP contribution in [0.25, 0.3) is 0 Å². The van der Waals surface area contributed by atoms with E-state index >= 15 is 0 Å². The van der Waals surface area contributed by atoms with Gasteiger partial charge in [0.2, 0.25) is 0 Å². The van der Waals surface area contributed by atoms with Gasteiger partial charge in [-0.05, 0) is 23.4 Å². The first-order chi connectivity index (χ1) is 7.79. The van der Waals surface area contributed by atoms with Crippen molar-refractivity contribution >= 4 is 6.03 Å². The van der Waals surface area contributed by atoms with Crippen LogP contribution in [0, 0.1) is 0 Å². The summed E-state index contributed by atoms with van der Waals surface area (Å²) in [5.74, 6) is 0.934. The first-order valence-corrected chi connectivity index (χ1v) is 5.19.